The van der Waals surface area contributed by atoms with Crippen LogP contribution in [0.15, 0.2) is 73.3 Å². The summed E-state index contributed by atoms with van der Waals surface area (Å²) in [5.41, 5.74) is 4.05. The molecule has 4 aromatic rings. The van der Waals surface area contributed by atoms with Crippen molar-refractivity contribution in [2.75, 3.05) is 31.1 Å². The summed E-state index contributed by atoms with van der Waals surface area (Å²) in [6, 6.07) is 14.2. The predicted octanol–water partition coefficient (Wildman–Crippen LogP) is 3.39. The standard InChI is InChI=1S/C25H24N6O/c1-29-24(19-6-3-2-4-7-19)20(21-8-5-11-28-25(21)29)9-10-23(32)31-16-14-30(15-17-31)22-18-26-12-13-27-22/h2-13,18H,14-17H2,1H3/b10-9+. The first-order chi connectivity index (χ1) is 15.7. The van der Waals surface area contributed by atoms with E-state index in [-0.39, 0.29) is 5.91 Å². The zero-order valence-electron chi connectivity index (χ0n) is 17.9. The van der Waals surface area contributed by atoms with Crippen LogP contribution in [-0.2, 0) is 11.8 Å². The van der Waals surface area contributed by atoms with Crippen molar-refractivity contribution in [1.82, 2.24) is 24.4 Å². The Bertz CT molecular complexity index is 1260. The smallest absolute Gasteiger partial charge is 0.246 e. The van der Waals surface area contributed by atoms with Gasteiger partial charge < -0.3 is 14.4 Å². The van der Waals surface area contributed by atoms with Crippen LogP contribution in [0.25, 0.3) is 28.4 Å². The minimum absolute atomic E-state index is 0.0173. The van der Waals surface area contributed by atoms with Crippen molar-refractivity contribution in [1.29, 1.82) is 0 Å². The zero-order valence-corrected chi connectivity index (χ0v) is 17.9. The van der Waals surface area contributed by atoms with E-state index >= 15 is 0 Å². The topological polar surface area (TPSA) is 67.2 Å². The van der Waals surface area contributed by atoms with Crippen molar-refractivity contribution in [3.05, 3.63) is 78.9 Å². The van der Waals surface area contributed by atoms with Gasteiger partial charge in [-0.3, -0.25) is 9.78 Å². The molecule has 7 nitrogen and oxygen atoms in total. The first-order valence-electron chi connectivity index (χ1n) is 10.7. The molecular formula is C25H24N6O. The monoisotopic (exact) mass is 424 g/mol. The van der Waals surface area contributed by atoms with E-state index in [4.69, 9.17) is 0 Å². The van der Waals surface area contributed by atoms with Crippen LogP contribution < -0.4 is 4.90 Å². The molecule has 1 saturated heterocycles. The fourth-order valence-corrected chi connectivity index (χ4v) is 4.27. The third kappa shape index (κ3) is 3.73. The van der Waals surface area contributed by atoms with Crippen molar-refractivity contribution in [3.63, 3.8) is 0 Å². The van der Waals surface area contributed by atoms with Crippen LogP contribution in [0.2, 0.25) is 0 Å². The van der Waals surface area contributed by atoms with E-state index in [9.17, 15) is 4.79 Å². The van der Waals surface area contributed by atoms with Crippen LogP contribution in [0.3, 0.4) is 0 Å². The molecule has 0 radical (unpaired) electrons. The highest BCUT2D eigenvalue weighted by atomic mass is 16.2. The number of rotatable bonds is 4. The van der Waals surface area contributed by atoms with Crippen molar-refractivity contribution in [2.24, 2.45) is 7.05 Å². The molecule has 1 amide bonds. The fraction of sp³-hybridized carbons (Fsp3) is 0.200. The predicted molar refractivity (Wildman–Crippen MR) is 126 cm³/mol. The van der Waals surface area contributed by atoms with Crippen LogP contribution in [0.1, 0.15) is 5.56 Å². The number of aryl methyl sites for hydroxylation is 1. The third-order valence-corrected chi connectivity index (χ3v) is 5.89. The van der Waals surface area contributed by atoms with Gasteiger partial charge in [0.25, 0.3) is 0 Å². The second-order valence-electron chi connectivity index (χ2n) is 7.77. The van der Waals surface area contributed by atoms with Gasteiger partial charge in [0.05, 0.1) is 11.9 Å². The normalized spacial score (nSPS) is 14.4. The minimum Gasteiger partial charge on any atom is -0.352 e. The summed E-state index contributed by atoms with van der Waals surface area (Å²) >= 11 is 0. The number of nitrogens with zero attached hydrogens (tertiary/aromatic N) is 6. The van der Waals surface area contributed by atoms with Gasteiger partial charge in [0.2, 0.25) is 5.91 Å². The summed E-state index contributed by atoms with van der Waals surface area (Å²) in [5, 5.41) is 1.03. The van der Waals surface area contributed by atoms with Crippen molar-refractivity contribution >= 4 is 28.8 Å². The van der Waals surface area contributed by atoms with Crippen LogP contribution in [0.4, 0.5) is 5.82 Å². The Hall–Kier alpha value is -4.00. The fourth-order valence-electron chi connectivity index (χ4n) is 4.27. The summed E-state index contributed by atoms with van der Waals surface area (Å²) in [7, 11) is 2.02. The maximum Gasteiger partial charge on any atom is 0.246 e. The minimum atomic E-state index is 0.0173. The maximum atomic E-state index is 13.0. The number of anilines is 1. The van der Waals surface area contributed by atoms with Crippen LogP contribution in [0.5, 0.6) is 0 Å². The Kier molecular flexibility index (Phi) is 5.37. The largest absolute Gasteiger partial charge is 0.352 e. The molecule has 5 rings (SSSR count). The SMILES string of the molecule is Cn1c(-c2ccccc2)c(/C=C/C(=O)N2CCN(c3cnccn3)CC2)c2cccnc21. The van der Waals surface area contributed by atoms with Gasteiger partial charge in [-0.05, 0) is 23.8 Å². The van der Waals surface area contributed by atoms with Gasteiger partial charge in [-0.1, -0.05) is 30.3 Å². The van der Waals surface area contributed by atoms with Gasteiger partial charge in [0.1, 0.15) is 11.5 Å². The summed E-state index contributed by atoms with van der Waals surface area (Å²) in [6.45, 7) is 2.79. The van der Waals surface area contributed by atoms with Crippen molar-refractivity contribution in [2.45, 2.75) is 0 Å². The van der Waals surface area contributed by atoms with E-state index in [1.54, 1.807) is 30.9 Å². The highest BCUT2D eigenvalue weighted by molar-refractivity contribution is 6.00. The molecule has 4 heterocycles. The number of hydrogen-bond donors (Lipinski definition) is 0. The van der Waals surface area contributed by atoms with Gasteiger partial charge in [-0.25, -0.2) is 9.97 Å². The van der Waals surface area contributed by atoms with E-state index < -0.39 is 0 Å². The number of amides is 1. The molecule has 0 unspecified atom stereocenters. The number of carbonyl (C=O) groups is 1. The Morgan fingerprint density at radius 3 is 2.50 bits per heavy atom. The van der Waals surface area contributed by atoms with Crippen molar-refractivity contribution < 1.29 is 4.79 Å². The molecule has 3 aromatic heterocycles. The number of benzene rings is 1. The molecule has 0 spiro atoms. The molecule has 1 aromatic carbocycles. The lowest BCUT2D eigenvalue weighted by Crippen LogP contribution is -2.48. The molecule has 0 aliphatic carbocycles. The Morgan fingerprint density at radius 2 is 1.75 bits per heavy atom. The molecule has 160 valence electrons. The number of hydrogen-bond acceptors (Lipinski definition) is 5. The molecule has 1 fully saturated rings. The average molecular weight is 425 g/mol. The molecule has 0 N–H and O–H groups in total. The summed E-state index contributed by atoms with van der Waals surface area (Å²) in [4.78, 5) is 30.1. The van der Waals surface area contributed by atoms with E-state index in [1.165, 1.54) is 0 Å². The molecule has 1 aliphatic heterocycles. The van der Waals surface area contributed by atoms with Gasteiger partial charge in [0, 0.05) is 68.8 Å². The highest BCUT2D eigenvalue weighted by Gasteiger charge is 2.21. The van der Waals surface area contributed by atoms with E-state index in [1.807, 2.05) is 42.3 Å². The first kappa shape index (κ1) is 19.9. The van der Waals surface area contributed by atoms with Gasteiger partial charge in [0.15, 0.2) is 0 Å². The second-order valence-corrected chi connectivity index (χ2v) is 7.77. The molecule has 0 saturated carbocycles. The number of pyridine rings is 1. The Balaban J connectivity index is 1.39. The van der Waals surface area contributed by atoms with Crippen LogP contribution >= 0.6 is 0 Å². The van der Waals surface area contributed by atoms with Gasteiger partial charge in [-0.15, -0.1) is 0 Å². The summed E-state index contributed by atoms with van der Waals surface area (Å²) in [6.07, 6.45) is 10.5. The van der Waals surface area contributed by atoms with E-state index in [0.717, 1.165) is 46.8 Å². The lowest BCUT2D eigenvalue weighted by molar-refractivity contribution is -0.126. The second kappa shape index (κ2) is 8.63. The molecule has 0 bridgehead atoms. The number of piperazine rings is 1. The third-order valence-electron chi connectivity index (χ3n) is 5.89. The van der Waals surface area contributed by atoms with Gasteiger partial charge >= 0.3 is 0 Å². The maximum absolute atomic E-state index is 13.0. The molecule has 1 aliphatic rings. The van der Waals surface area contributed by atoms with E-state index in [0.29, 0.717) is 13.1 Å². The quantitative estimate of drug-likeness (QED) is 0.470. The zero-order chi connectivity index (χ0) is 21.9. The number of carbonyl (C=O) groups excluding carboxylic acids is 1. The molecule has 7 heteroatoms. The number of fused-ring (bicyclic) bond motifs is 1. The summed E-state index contributed by atoms with van der Waals surface area (Å²) < 4.78 is 2.09. The average Bonchev–Trinajstić information content (AvgIpc) is 3.15. The Labute approximate surface area is 186 Å². The Morgan fingerprint density at radius 1 is 0.938 bits per heavy atom. The molecular weight excluding hydrogens is 400 g/mol. The van der Waals surface area contributed by atoms with Crippen LogP contribution in [0, 0.1) is 0 Å². The van der Waals surface area contributed by atoms with E-state index in [2.05, 4.69) is 42.6 Å². The highest BCUT2D eigenvalue weighted by Crippen LogP contribution is 2.33. The van der Waals surface area contributed by atoms with Crippen LogP contribution in [-0.4, -0.2) is 56.5 Å². The van der Waals surface area contributed by atoms with Gasteiger partial charge in [-0.2, -0.15) is 0 Å². The molecule has 0 atom stereocenters. The number of aromatic nitrogens is 4. The van der Waals surface area contributed by atoms with Crippen molar-refractivity contribution in [3.8, 4) is 11.3 Å². The first-order valence-corrected chi connectivity index (χ1v) is 10.7. The summed E-state index contributed by atoms with van der Waals surface area (Å²) in [5.74, 6) is 0.870. The lowest BCUT2D eigenvalue weighted by Gasteiger charge is -2.34. The lowest BCUT2D eigenvalue weighted by atomic mass is 10.1. The molecule has 32 heavy (non-hydrogen) atoms.